The zero-order chi connectivity index (χ0) is 25.2. The number of benzene rings is 3. The summed E-state index contributed by atoms with van der Waals surface area (Å²) in [4.78, 5) is 33.9. The fourth-order valence-electron chi connectivity index (χ4n) is 4.48. The Morgan fingerprint density at radius 3 is 2.56 bits per heavy atom. The Bertz CT molecular complexity index is 1430. The van der Waals surface area contributed by atoms with E-state index in [-0.39, 0.29) is 6.17 Å². The van der Waals surface area contributed by atoms with Crippen LogP contribution in [0, 0.1) is 0 Å². The van der Waals surface area contributed by atoms with E-state index in [1.54, 1.807) is 19.2 Å². The van der Waals surface area contributed by atoms with Crippen LogP contribution in [0.15, 0.2) is 66.7 Å². The fourth-order valence-corrected chi connectivity index (χ4v) is 4.48. The number of aromatic nitrogens is 2. The van der Waals surface area contributed by atoms with Crippen LogP contribution in [0.2, 0.25) is 0 Å². The Kier molecular flexibility index (Phi) is 6.30. The van der Waals surface area contributed by atoms with Crippen molar-refractivity contribution in [2.24, 2.45) is 0 Å². The minimum Gasteiger partial charge on any atom is -0.465 e. The number of amides is 1. The van der Waals surface area contributed by atoms with E-state index in [9.17, 15) is 9.59 Å². The molecule has 184 valence electrons. The van der Waals surface area contributed by atoms with Crippen LogP contribution in [0.25, 0.3) is 22.2 Å². The molecule has 3 aromatic carbocycles. The molecule has 5 rings (SSSR count). The molecule has 1 aliphatic heterocycles. The van der Waals surface area contributed by atoms with Gasteiger partial charge in [-0.15, -0.1) is 5.06 Å². The molecule has 4 aromatic rings. The summed E-state index contributed by atoms with van der Waals surface area (Å²) in [5, 5.41) is 4.34. The highest BCUT2D eigenvalue weighted by molar-refractivity contribution is 6.02. The lowest BCUT2D eigenvalue weighted by Gasteiger charge is -2.19. The molecule has 1 unspecified atom stereocenters. The molecule has 1 saturated heterocycles. The first kappa shape index (κ1) is 23.4. The molecule has 0 radical (unpaired) electrons. The Morgan fingerprint density at radius 2 is 1.86 bits per heavy atom. The van der Waals surface area contributed by atoms with Crippen LogP contribution < -0.4 is 10.1 Å². The number of carbonyl (C=O) groups excluding carboxylic acids is 2. The standard InChI is InChI=1S/C27H26N4O5/c1-4-35-26-28-22-11-7-10-21(25(32)34-3)23(22)31(26)16-17-12-14-18(15-13-17)19-8-5-6-9-20(19)24-29-27(33)36-30(24)2/h5-15,24H,4,16H2,1-3H3,(H,29,33). The maximum Gasteiger partial charge on any atom is 0.427 e. The lowest BCUT2D eigenvalue weighted by Crippen LogP contribution is -2.24. The average molecular weight is 487 g/mol. The predicted octanol–water partition coefficient (Wildman–Crippen LogP) is 4.52. The van der Waals surface area contributed by atoms with Gasteiger partial charge in [0.15, 0.2) is 0 Å². The fraction of sp³-hybridized carbons (Fsp3) is 0.222. The second kappa shape index (κ2) is 9.71. The van der Waals surface area contributed by atoms with Gasteiger partial charge in [-0.05, 0) is 35.7 Å². The third-order valence-corrected chi connectivity index (χ3v) is 6.12. The van der Waals surface area contributed by atoms with Gasteiger partial charge in [-0.25, -0.2) is 9.59 Å². The van der Waals surface area contributed by atoms with E-state index in [0.29, 0.717) is 35.8 Å². The van der Waals surface area contributed by atoms with Crippen molar-refractivity contribution in [2.45, 2.75) is 19.6 Å². The molecule has 1 N–H and O–H groups in total. The van der Waals surface area contributed by atoms with Crippen molar-refractivity contribution in [3.63, 3.8) is 0 Å². The van der Waals surface area contributed by atoms with E-state index in [4.69, 9.17) is 14.3 Å². The summed E-state index contributed by atoms with van der Waals surface area (Å²) in [6, 6.07) is 21.8. The molecule has 1 aromatic heterocycles. The number of imidazole rings is 1. The molecule has 1 atom stereocenters. The van der Waals surface area contributed by atoms with Crippen molar-refractivity contribution in [1.29, 1.82) is 0 Å². The van der Waals surface area contributed by atoms with Gasteiger partial charge in [0.25, 0.3) is 6.01 Å². The van der Waals surface area contributed by atoms with Gasteiger partial charge in [0.2, 0.25) is 0 Å². The number of esters is 1. The van der Waals surface area contributed by atoms with E-state index in [1.165, 1.54) is 12.2 Å². The van der Waals surface area contributed by atoms with E-state index in [1.807, 2.05) is 66.1 Å². The lowest BCUT2D eigenvalue weighted by atomic mass is 9.97. The summed E-state index contributed by atoms with van der Waals surface area (Å²) in [5.41, 5.74) is 5.69. The minimum absolute atomic E-state index is 0.379. The first-order chi connectivity index (χ1) is 17.5. The third-order valence-electron chi connectivity index (χ3n) is 6.12. The lowest BCUT2D eigenvalue weighted by molar-refractivity contribution is -0.0669. The monoisotopic (exact) mass is 486 g/mol. The van der Waals surface area contributed by atoms with Crippen LogP contribution in [-0.2, 0) is 16.1 Å². The molecule has 9 nitrogen and oxygen atoms in total. The van der Waals surface area contributed by atoms with E-state index < -0.39 is 12.1 Å². The zero-order valence-corrected chi connectivity index (χ0v) is 20.2. The number of hydrogen-bond donors (Lipinski definition) is 1. The van der Waals surface area contributed by atoms with Crippen molar-refractivity contribution >= 4 is 23.1 Å². The number of methoxy groups -OCH3 is 1. The van der Waals surface area contributed by atoms with Gasteiger partial charge in [0, 0.05) is 12.6 Å². The summed E-state index contributed by atoms with van der Waals surface area (Å²) < 4.78 is 12.7. The summed E-state index contributed by atoms with van der Waals surface area (Å²) >= 11 is 0. The van der Waals surface area contributed by atoms with Crippen molar-refractivity contribution in [2.75, 3.05) is 20.8 Å². The summed E-state index contributed by atoms with van der Waals surface area (Å²) in [5.74, 6) is -0.426. The third kappa shape index (κ3) is 4.25. The smallest absolute Gasteiger partial charge is 0.427 e. The molecule has 0 saturated carbocycles. The van der Waals surface area contributed by atoms with Gasteiger partial charge in [0.05, 0.1) is 36.9 Å². The Labute approximate surface area is 208 Å². The van der Waals surface area contributed by atoms with Crippen LogP contribution in [0.5, 0.6) is 6.01 Å². The number of hydroxylamine groups is 2. The predicted molar refractivity (Wildman–Crippen MR) is 133 cm³/mol. The molecule has 9 heteroatoms. The largest absolute Gasteiger partial charge is 0.465 e. The van der Waals surface area contributed by atoms with Crippen LogP contribution in [0.4, 0.5) is 4.79 Å². The first-order valence-corrected chi connectivity index (χ1v) is 11.6. The number of para-hydroxylation sites is 1. The highest BCUT2D eigenvalue weighted by atomic mass is 16.7. The summed E-state index contributed by atoms with van der Waals surface area (Å²) in [7, 11) is 3.08. The van der Waals surface area contributed by atoms with E-state index in [0.717, 1.165) is 22.3 Å². The second-order valence-electron chi connectivity index (χ2n) is 8.33. The maximum atomic E-state index is 12.4. The van der Waals surface area contributed by atoms with Crippen molar-refractivity contribution in [3.05, 3.63) is 83.4 Å². The number of carbonyl (C=O) groups is 2. The van der Waals surface area contributed by atoms with E-state index in [2.05, 4.69) is 10.3 Å². The van der Waals surface area contributed by atoms with Crippen LogP contribution in [0.3, 0.4) is 0 Å². The molecule has 0 spiro atoms. The highest BCUT2D eigenvalue weighted by Crippen LogP contribution is 2.32. The van der Waals surface area contributed by atoms with Crippen molar-refractivity contribution < 1.29 is 23.9 Å². The molecule has 36 heavy (non-hydrogen) atoms. The van der Waals surface area contributed by atoms with Gasteiger partial charge in [-0.2, -0.15) is 4.98 Å². The SMILES string of the molecule is CCOc1nc2cccc(C(=O)OC)c2n1Cc1ccc(-c2ccccc2C2NC(=O)ON2C)cc1. The molecular formula is C27H26N4O5. The minimum atomic E-state index is -0.475. The zero-order valence-electron chi connectivity index (χ0n) is 20.2. The topological polar surface area (TPSA) is 94.9 Å². The number of nitrogens with zero attached hydrogens (tertiary/aromatic N) is 3. The van der Waals surface area contributed by atoms with Gasteiger partial charge in [-0.3, -0.25) is 9.88 Å². The van der Waals surface area contributed by atoms with Gasteiger partial charge in [0.1, 0.15) is 6.17 Å². The van der Waals surface area contributed by atoms with Gasteiger partial charge in [-0.1, -0.05) is 54.6 Å². The Morgan fingerprint density at radius 1 is 1.08 bits per heavy atom. The van der Waals surface area contributed by atoms with Crippen LogP contribution in [0.1, 0.15) is 34.6 Å². The molecule has 1 aliphatic rings. The number of ether oxygens (including phenoxy) is 2. The average Bonchev–Trinajstić information content (AvgIpc) is 3.42. The number of hydrogen-bond acceptors (Lipinski definition) is 7. The van der Waals surface area contributed by atoms with Gasteiger partial charge < -0.3 is 14.3 Å². The van der Waals surface area contributed by atoms with Gasteiger partial charge >= 0.3 is 12.1 Å². The molecular weight excluding hydrogens is 460 g/mol. The van der Waals surface area contributed by atoms with Crippen LogP contribution >= 0.6 is 0 Å². The van der Waals surface area contributed by atoms with E-state index >= 15 is 0 Å². The van der Waals surface area contributed by atoms with Crippen LogP contribution in [-0.4, -0.2) is 47.4 Å². The molecule has 0 aliphatic carbocycles. The summed E-state index contributed by atoms with van der Waals surface area (Å²) in [6.45, 7) is 2.80. The van der Waals surface area contributed by atoms with Crippen molar-refractivity contribution in [3.8, 4) is 17.1 Å². The molecule has 1 fully saturated rings. The second-order valence-corrected chi connectivity index (χ2v) is 8.33. The molecule has 2 heterocycles. The molecule has 0 bridgehead atoms. The first-order valence-electron chi connectivity index (χ1n) is 11.6. The van der Waals surface area contributed by atoms with Crippen molar-refractivity contribution in [1.82, 2.24) is 19.9 Å². The Hall–Kier alpha value is -4.37. The Balaban J connectivity index is 1.50. The molecule has 1 amide bonds. The summed E-state index contributed by atoms with van der Waals surface area (Å²) in [6.07, 6.45) is -0.854. The number of nitrogens with one attached hydrogen (secondary N) is 1. The number of fused-ring (bicyclic) bond motifs is 1. The highest BCUT2D eigenvalue weighted by Gasteiger charge is 2.31. The normalized spacial score (nSPS) is 15.5. The maximum absolute atomic E-state index is 12.4. The quantitative estimate of drug-likeness (QED) is 0.384. The number of rotatable bonds is 7.